The summed E-state index contributed by atoms with van der Waals surface area (Å²) >= 11 is 0. The Bertz CT molecular complexity index is 584. The zero-order valence-corrected chi connectivity index (χ0v) is 14.2. The third kappa shape index (κ3) is 4.05. The number of nitrogens with zero attached hydrogens (tertiary/aromatic N) is 1. The molecule has 1 fully saturated rings. The summed E-state index contributed by atoms with van der Waals surface area (Å²) in [7, 11) is -2.96. The van der Waals surface area contributed by atoms with Crippen molar-refractivity contribution >= 4 is 9.84 Å². The maximum Gasteiger partial charge on any atom is 0.148 e. The molecule has 0 saturated carbocycles. The Kier molecular flexibility index (Phi) is 4.47. The molecule has 118 valence electrons. The van der Waals surface area contributed by atoms with Gasteiger partial charge in [0.2, 0.25) is 0 Å². The fourth-order valence-electron chi connectivity index (χ4n) is 2.91. The van der Waals surface area contributed by atoms with Gasteiger partial charge in [0, 0.05) is 31.4 Å². The molecule has 5 heteroatoms. The average Bonchev–Trinajstić information content (AvgIpc) is 2.40. The van der Waals surface area contributed by atoms with Gasteiger partial charge in [0.15, 0.2) is 0 Å². The van der Waals surface area contributed by atoms with E-state index in [1.165, 1.54) is 11.8 Å². The van der Waals surface area contributed by atoms with Crippen LogP contribution in [0.25, 0.3) is 0 Å². The van der Waals surface area contributed by atoms with Gasteiger partial charge in [-0.3, -0.25) is 4.90 Å². The van der Waals surface area contributed by atoms with Crippen LogP contribution >= 0.6 is 0 Å². The molecule has 4 nitrogen and oxygen atoms in total. The van der Waals surface area contributed by atoms with Crippen LogP contribution in [0.15, 0.2) is 30.3 Å². The fraction of sp³-hybridized carbons (Fsp3) is 0.625. The van der Waals surface area contributed by atoms with Gasteiger partial charge in [0.05, 0.1) is 11.3 Å². The highest BCUT2D eigenvalue weighted by molar-refractivity contribution is 7.90. The van der Waals surface area contributed by atoms with Gasteiger partial charge >= 0.3 is 0 Å². The van der Waals surface area contributed by atoms with Crippen molar-refractivity contribution < 1.29 is 8.42 Å². The molecule has 1 aromatic carbocycles. The maximum atomic E-state index is 11.5. The molecule has 0 radical (unpaired) electrons. The summed E-state index contributed by atoms with van der Waals surface area (Å²) in [6, 6.07) is 10.3. The second-order valence-electron chi connectivity index (χ2n) is 6.93. The lowest BCUT2D eigenvalue weighted by atomic mass is 9.84. The lowest BCUT2D eigenvalue weighted by Crippen LogP contribution is -2.66. The first-order chi connectivity index (χ1) is 9.62. The Labute approximate surface area is 128 Å². The van der Waals surface area contributed by atoms with Gasteiger partial charge in [-0.25, -0.2) is 8.42 Å². The molecule has 1 aromatic rings. The van der Waals surface area contributed by atoms with Gasteiger partial charge in [-0.05, 0) is 26.3 Å². The van der Waals surface area contributed by atoms with E-state index in [2.05, 4.69) is 43.1 Å². The van der Waals surface area contributed by atoms with Crippen molar-refractivity contribution in [3.05, 3.63) is 35.9 Å². The monoisotopic (exact) mass is 310 g/mol. The van der Waals surface area contributed by atoms with Crippen LogP contribution in [0.1, 0.15) is 26.3 Å². The molecule has 1 unspecified atom stereocenters. The Morgan fingerprint density at radius 1 is 1.19 bits per heavy atom. The molecule has 1 N–H and O–H groups in total. The quantitative estimate of drug-likeness (QED) is 0.918. The SMILES string of the molecule is CC1(C)CN(CCS(C)(=O)=O)C(C)(c2ccccc2)CN1. The van der Waals surface area contributed by atoms with Gasteiger partial charge in [-0.1, -0.05) is 30.3 Å². The Hall–Kier alpha value is -0.910. The second-order valence-corrected chi connectivity index (χ2v) is 9.19. The molecule has 0 amide bonds. The Morgan fingerprint density at radius 2 is 1.81 bits per heavy atom. The zero-order valence-electron chi connectivity index (χ0n) is 13.4. The topological polar surface area (TPSA) is 49.4 Å². The van der Waals surface area contributed by atoms with Crippen molar-refractivity contribution in [1.29, 1.82) is 0 Å². The first-order valence-electron chi connectivity index (χ1n) is 7.36. The van der Waals surface area contributed by atoms with Crippen molar-refractivity contribution in [3.8, 4) is 0 Å². The summed E-state index contributed by atoms with van der Waals surface area (Å²) in [5, 5.41) is 3.58. The Balaban J connectivity index is 2.28. The van der Waals surface area contributed by atoms with Crippen molar-refractivity contribution in [2.75, 3.05) is 31.6 Å². The molecule has 0 spiro atoms. The first-order valence-corrected chi connectivity index (χ1v) is 9.42. The van der Waals surface area contributed by atoms with Crippen LogP contribution < -0.4 is 5.32 Å². The minimum Gasteiger partial charge on any atom is -0.308 e. The van der Waals surface area contributed by atoms with Gasteiger partial charge in [0.1, 0.15) is 9.84 Å². The standard InChI is InChI=1S/C16H26N2O2S/c1-15(2)13-18(10-11-21(4,19)20)16(3,12-17-15)14-8-6-5-7-9-14/h5-9,17H,10-13H2,1-4H3. The number of benzene rings is 1. The predicted octanol–water partition coefficient (Wildman–Crippen LogP) is 1.63. The van der Waals surface area contributed by atoms with Crippen LogP contribution in [0.2, 0.25) is 0 Å². The van der Waals surface area contributed by atoms with E-state index in [4.69, 9.17) is 0 Å². The van der Waals surface area contributed by atoms with Crippen LogP contribution in [0.4, 0.5) is 0 Å². The lowest BCUT2D eigenvalue weighted by molar-refractivity contribution is 0.0296. The molecule has 1 heterocycles. The van der Waals surface area contributed by atoms with E-state index in [0.717, 1.165) is 13.1 Å². The van der Waals surface area contributed by atoms with E-state index in [1.807, 2.05) is 18.2 Å². The number of piperazine rings is 1. The fourth-order valence-corrected chi connectivity index (χ4v) is 3.47. The zero-order chi connectivity index (χ0) is 15.7. The highest BCUT2D eigenvalue weighted by Gasteiger charge is 2.41. The van der Waals surface area contributed by atoms with Crippen molar-refractivity contribution in [2.45, 2.75) is 31.8 Å². The molecule has 2 rings (SSSR count). The van der Waals surface area contributed by atoms with E-state index in [9.17, 15) is 8.42 Å². The summed E-state index contributed by atoms with van der Waals surface area (Å²) in [6.07, 6.45) is 1.31. The molecule has 0 aliphatic carbocycles. The van der Waals surface area contributed by atoms with E-state index >= 15 is 0 Å². The number of sulfone groups is 1. The lowest BCUT2D eigenvalue weighted by Gasteiger charge is -2.51. The number of hydrogen-bond donors (Lipinski definition) is 1. The molecule has 1 saturated heterocycles. The molecule has 21 heavy (non-hydrogen) atoms. The normalized spacial score (nSPS) is 26.7. The van der Waals surface area contributed by atoms with Gasteiger partial charge in [0.25, 0.3) is 0 Å². The van der Waals surface area contributed by atoms with Crippen molar-refractivity contribution in [3.63, 3.8) is 0 Å². The second kappa shape index (κ2) is 5.71. The third-order valence-electron chi connectivity index (χ3n) is 4.32. The van der Waals surface area contributed by atoms with Crippen LogP contribution in [0, 0.1) is 0 Å². The van der Waals surface area contributed by atoms with E-state index in [0.29, 0.717) is 6.54 Å². The highest BCUT2D eigenvalue weighted by Crippen LogP contribution is 2.32. The molecule has 1 aliphatic rings. The summed E-state index contributed by atoms with van der Waals surface area (Å²) in [4.78, 5) is 2.31. The molecule has 1 atom stereocenters. The van der Waals surface area contributed by atoms with Crippen LogP contribution in [0.3, 0.4) is 0 Å². The van der Waals surface area contributed by atoms with Crippen molar-refractivity contribution in [1.82, 2.24) is 10.2 Å². The maximum absolute atomic E-state index is 11.5. The predicted molar refractivity (Wildman–Crippen MR) is 87.2 cm³/mol. The third-order valence-corrected chi connectivity index (χ3v) is 5.25. The average molecular weight is 310 g/mol. The largest absolute Gasteiger partial charge is 0.308 e. The summed E-state index contributed by atoms with van der Waals surface area (Å²) in [5.41, 5.74) is 1.04. The number of rotatable bonds is 4. The summed E-state index contributed by atoms with van der Waals surface area (Å²) < 4.78 is 23.1. The highest BCUT2D eigenvalue weighted by atomic mass is 32.2. The smallest absolute Gasteiger partial charge is 0.148 e. The van der Waals surface area contributed by atoms with E-state index in [1.54, 1.807) is 0 Å². The first kappa shape index (κ1) is 16.5. The molecule has 0 bridgehead atoms. The Morgan fingerprint density at radius 3 is 2.38 bits per heavy atom. The van der Waals surface area contributed by atoms with Crippen molar-refractivity contribution in [2.24, 2.45) is 0 Å². The van der Waals surface area contributed by atoms with E-state index < -0.39 is 9.84 Å². The molecular weight excluding hydrogens is 284 g/mol. The van der Waals surface area contributed by atoms with Crippen LogP contribution in [-0.2, 0) is 15.4 Å². The number of nitrogens with one attached hydrogen (secondary N) is 1. The summed E-state index contributed by atoms with van der Waals surface area (Å²) in [6.45, 7) is 8.71. The summed E-state index contributed by atoms with van der Waals surface area (Å²) in [5.74, 6) is 0.200. The van der Waals surface area contributed by atoms with Gasteiger partial charge < -0.3 is 5.32 Å². The molecule has 0 aromatic heterocycles. The van der Waals surface area contributed by atoms with Crippen LogP contribution in [-0.4, -0.2) is 50.5 Å². The minimum atomic E-state index is -2.96. The number of hydrogen-bond acceptors (Lipinski definition) is 4. The minimum absolute atomic E-state index is 0.00814. The molecule has 1 aliphatic heterocycles. The van der Waals surface area contributed by atoms with Gasteiger partial charge in [-0.15, -0.1) is 0 Å². The molecular formula is C16H26N2O2S. The van der Waals surface area contributed by atoms with E-state index in [-0.39, 0.29) is 16.8 Å². The van der Waals surface area contributed by atoms with Gasteiger partial charge in [-0.2, -0.15) is 0 Å². The van der Waals surface area contributed by atoms with Crippen LogP contribution in [0.5, 0.6) is 0 Å².